The van der Waals surface area contributed by atoms with E-state index < -0.39 is 11.7 Å². The summed E-state index contributed by atoms with van der Waals surface area (Å²) in [6.07, 6.45) is -1.30. The van der Waals surface area contributed by atoms with Crippen molar-refractivity contribution in [1.82, 2.24) is 19.7 Å². The van der Waals surface area contributed by atoms with Crippen LogP contribution in [-0.2, 0) is 11.9 Å². The van der Waals surface area contributed by atoms with E-state index >= 15 is 0 Å². The second-order valence-corrected chi connectivity index (χ2v) is 7.29. The molecular weight excluding hydrogens is 416 g/mol. The Morgan fingerprint density at radius 1 is 0.933 bits per heavy atom. The van der Waals surface area contributed by atoms with E-state index in [0.29, 0.717) is 22.3 Å². The first-order valence-corrected chi connectivity index (χ1v) is 9.81. The second kappa shape index (κ2) is 8.27. The van der Waals surface area contributed by atoms with E-state index in [0.717, 1.165) is 17.7 Å². The summed E-state index contributed by atoms with van der Waals surface area (Å²) >= 11 is 1.29. The Morgan fingerprint density at radius 3 is 2.43 bits per heavy atom. The molecule has 0 aliphatic carbocycles. The van der Waals surface area contributed by atoms with Crippen LogP contribution in [0.3, 0.4) is 0 Å². The number of hydrogen-bond donors (Lipinski definition) is 0. The topological polar surface area (TPSA) is 43.6 Å². The average Bonchev–Trinajstić information content (AvgIpc) is 3.17. The lowest BCUT2D eigenvalue weighted by molar-refractivity contribution is -0.137. The van der Waals surface area contributed by atoms with Crippen LogP contribution < -0.4 is 0 Å². The molecular formula is C21H14F4N4S. The standard InChI is InChI=1S/C21H14F4N4S/c22-17-8-6-14(7-9-17)13-30-20-28-27-19(15-3-2-10-26-12-15)29(20)18-5-1-4-16(11-18)21(23,24)25/h1-12H,13H2. The van der Waals surface area contributed by atoms with Crippen molar-refractivity contribution in [3.8, 4) is 17.1 Å². The number of aromatic nitrogens is 4. The smallest absolute Gasteiger partial charge is 0.270 e. The maximum absolute atomic E-state index is 13.2. The molecule has 30 heavy (non-hydrogen) atoms. The summed E-state index contributed by atoms with van der Waals surface area (Å²) in [7, 11) is 0. The molecule has 0 unspecified atom stereocenters. The molecule has 4 nitrogen and oxygen atoms in total. The molecule has 0 radical (unpaired) electrons. The number of halogens is 4. The van der Waals surface area contributed by atoms with Crippen molar-refractivity contribution in [3.05, 3.63) is 90.0 Å². The second-order valence-electron chi connectivity index (χ2n) is 6.35. The number of rotatable bonds is 5. The van der Waals surface area contributed by atoms with Gasteiger partial charge in [0.1, 0.15) is 5.82 Å². The van der Waals surface area contributed by atoms with Crippen molar-refractivity contribution >= 4 is 11.8 Å². The van der Waals surface area contributed by atoms with Crippen molar-refractivity contribution in [2.45, 2.75) is 17.1 Å². The number of hydrogen-bond acceptors (Lipinski definition) is 4. The van der Waals surface area contributed by atoms with Crippen LogP contribution in [0.5, 0.6) is 0 Å². The summed E-state index contributed by atoms with van der Waals surface area (Å²) in [5.41, 5.74) is 0.995. The zero-order valence-electron chi connectivity index (χ0n) is 15.3. The molecule has 0 spiro atoms. The fourth-order valence-corrected chi connectivity index (χ4v) is 3.74. The highest BCUT2D eigenvalue weighted by Crippen LogP contribution is 2.33. The molecule has 9 heteroatoms. The predicted molar refractivity (Wildman–Crippen MR) is 106 cm³/mol. The van der Waals surface area contributed by atoms with Crippen molar-refractivity contribution in [1.29, 1.82) is 0 Å². The van der Waals surface area contributed by atoms with Gasteiger partial charge in [0.2, 0.25) is 0 Å². The van der Waals surface area contributed by atoms with Gasteiger partial charge in [-0.05, 0) is 48.0 Å². The van der Waals surface area contributed by atoms with E-state index in [9.17, 15) is 17.6 Å². The minimum absolute atomic E-state index is 0.287. The first-order valence-electron chi connectivity index (χ1n) is 8.82. The zero-order valence-corrected chi connectivity index (χ0v) is 16.2. The van der Waals surface area contributed by atoms with E-state index in [1.807, 2.05) is 0 Å². The molecule has 2 heterocycles. The maximum atomic E-state index is 13.2. The molecule has 0 N–H and O–H groups in total. The van der Waals surface area contributed by atoms with Crippen molar-refractivity contribution in [3.63, 3.8) is 0 Å². The lowest BCUT2D eigenvalue weighted by Crippen LogP contribution is -2.07. The van der Waals surface area contributed by atoms with Gasteiger partial charge in [-0.1, -0.05) is 30.0 Å². The molecule has 4 rings (SSSR count). The monoisotopic (exact) mass is 430 g/mol. The summed E-state index contributed by atoms with van der Waals surface area (Å²) in [6, 6.07) is 14.5. The number of alkyl halides is 3. The summed E-state index contributed by atoms with van der Waals surface area (Å²) in [6.45, 7) is 0. The Kier molecular flexibility index (Phi) is 5.54. The van der Waals surface area contributed by atoms with E-state index in [4.69, 9.17) is 0 Å². The van der Waals surface area contributed by atoms with Crippen LogP contribution >= 0.6 is 11.8 Å². The Hall–Kier alpha value is -3.20. The minimum Gasteiger partial charge on any atom is -0.270 e. The van der Waals surface area contributed by atoms with Gasteiger partial charge in [0, 0.05) is 23.7 Å². The summed E-state index contributed by atoms with van der Waals surface area (Å²) in [4.78, 5) is 4.06. The Balaban J connectivity index is 1.76. The quantitative estimate of drug-likeness (QED) is 0.297. The highest BCUT2D eigenvalue weighted by Gasteiger charge is 2.31. The van der Waals surface area contributed by atoms with Gasteiger partial charge < -0.3 is 0 Å². The zero-order chi connectivity index (χ0) is 21.1. The van der Waals surface area contributed by atoms with E-state index in [2.05, 4.69) is 15.2 Å². The third-order valence-electron chi connectivity index (χ3n) is 4.27. The summed E-state index contributed by atoms with van der Waals surface area (Å²) in [5, 5.41) is 8.79. The fourth-order valence-electron chi connectivity index (χ4n) is 2.83. The van der Waals surface area contributed by atoms with Gasteiger partial charge in [-0.2, -0.15) is 13.2 Å². The van der Waals surface area contributed by atoms with Crippen LogP contribution in [0.1, 0.15) is 11.1 Å². The van der Waals surface area contributed by atoms with Crippen LogP contribution in [0.25, 0.3) is 17.1 Å². The third-order valence-corrected chi connectivity index (χ3v) is 5.27. The SMILES string of the molecule is Fc1ccc(CSc2nnc(-c3cccnc3)n2-c2cccc(C(F)(F)F)c2)cc1. The van der Waals surface area contributed by atoms with Gasteiger partial charge >= 0.3 is 6.18 Å². The number of thioether (sulfide) groups is 1. The Bertz CT molecular complexity index is 1140. The first kappa shape index (κ1) is 20.1. The van der Waals surface area contributed by atoms with Crippen LogP contribution in [0.2, 0.25) is 0 Å². The van der Waals surface area contributed by atoms with Crippen molar-refractivity contribution < 1.29 is 17.6 Å². The molecule has 0 amide bonds. The van der Waals surface area contributed by atoms with Gasteiger partial charge in [0.25, 0.3) is 0 Å². The van der Waals surface area contributed by atoms with E-state index in [1.54, 1.807) is 47.3 Å². The molecule has 0 bridgehead atoms. The van der Waals surface area contributed by atoms with Gasteiger partial charge in [0.05, 0.1) is 11.3 Å². The van der Waals surface area contributed by atoms with Crippen LogP contribution in [0.15, 0.2) is 78.2 Å². The largest absolute Gasteiger partial charge is 0.416 e. The molecule has 2 aromatic carbocycles. The van der Waals surface area contributed by atoms with Crippen LogP contribution in [0.4, 0.5) is 17.6 Å². The van der Waals surface area contributed by atoms with Crippen molar-refractivity contribution in [2.75, 3.05) is 0 Å². The minimum atomic E-state index is -4.47. The van der Waals surface area contributed by atoms with E-state index in [1.165, 1.54) is 30.0 Å². The van der Waals surface area contributed by atoms with Crippen LogP contribution in [0, 0.1) is 5.82 Å². The van der Waals surface area contributed by atoms with Gasteiger partial charge in [-0.15, -0.1) is 10.2 Å². The maximum Gasteiger partial charge on any atom is 0.416 e. The molecule has 0 fully saturated rings. The molecule has 0 aliphatic rings. The number of benzene rings is 2. The molecule has 0 aliphatic heterocycles. The number of pyridine rings is 1. The third kappa shape index (κ3) is 4.35. The Morgan fingerprint density at radius 2 is 1.73 bits per heavy atom. The summed E-state index contributed by atoms with van der Waals surface area (Å²) < 4.78 is 54.4. The predicted octanol–water partition coefficient (Wildman–Crippen LogP) is 5.78. The molecule has 4 aromatic rings. The van der Waals surface area contributed by atoms with Crippen molar-refractivity contribution in [2.24, 2.45) is 0 Å². The van der Waals surface area contributed by atoms with Gasteiger partial charge in [-0.25, -0.2) is 4.39 Å². The molecule has 0 atom stereocenters. The molecule has 152 valence electrons. The first-order chi connectivity index (χ1) is 14.4. The molecule has 0 saturated heterocycles. The molecule has 0 saturated carbocycles. The highest BCUT2D eigenvalue weighted by molar-refractivity contribution is 7.98. The Labute approximate surface area is 173 Å². The average molecular weight is 430 g/mol. The summed E-state index contributed by atoms with van der Waals surface area (Å²) in [5.74, 6) is 0.489. The van der Waals surface area contributed by atoms with Gasteiger partial charge in [0.15, 0.2) is 11.0 Å². The lowest BCUT2D eigenvalue weighted by Gasteiger charge is -2.13. The van der Waals surface area contributed by atoms with Gasteiger partial charge in [-0.3, -0.25) is 9.55 Å². The number of nitrogens with zero attached hydrogens (tertiary/aromatic N) is 4. The van der Waals surface area contributed by atoms with E-state index in [-0.39, 0.29) is 11.5 Å². The lowest BCUT2D eigenvalue weighted by atomic mass is 10.2. The fraction of sp³-hybridized carbons (Fsp3) is 0.0952. The molecule has 2 aromatic heterocycles. The van der Waals surface area contributed by atoms with Crippen LogP contribution in [-0.4, -0.2) is 19.7 Å². The normalized spacial score (nSPS) is 11.6. The highest BCUT2D eigenvalue weighted by atomic mass is 32.2.